The number of esters is 1. The van der Waals surface area contributed by atoms with Crippen LogP contribution >= 0.6 is 23.2 Å². The van der Waals surface area contributed by atoms with Crippen LogP contribution in [0.25, 0.3) is 22.1 Å². The van der Waals surface area contributed by atoms with E-state index in [0.717, 1.165) is 36.5 Å². The Labute approximate surface area is 230 Å². The second-order valence-electron chi connectivity index (χ2n) is 9.34. The molecule has 1 aromatic heterocycles. The van der Waals surface area contributed by atoms with Gasteiger partial charge in [0.15, 0.2) is 0 Å². The van der Waals surface area contributed by atoms with Crippen molar-refractivity contribution in [1.82, 2.24) is 4.90 Å². The van der Waals surface area contributed by atoms with E-state index in [-0.39, 0.29) is 0 Å². The Bertz CT molecular complexity index is 1520. The van der Waals surface area contributed by atoms with E-state index in [4.69, 9.17) is 37.1 Å². The lowest BCUT2D eigenvalue weighted by Crippen LogP contribution is -2.25. The summed E-state index contributed by atoms with van der Waals surface area (Å²) in [6, 6.07) is 17.9. The topological polar surface area (TPSA) is 69.0 Å². The Morgan fingerprint density at radius 2 is 1.71 bits per heavy atom. The van der Waals surface area contributed by atoms with E-state index in [1.165, 1.54) is 19.8 Å². The average Bonchev–Trinajstić information content (AvgIpc) is 3.39. The highest BCUT2D eigenvalue weighted by molar-refractivity contribution is 6.36. The highest BCUT2D eigenvalue weighted by Crippen LogP contribution is 2.36. The van der Waals surface area contributed by atoms with Crippen LogP contribution in [-0.4, -0.2) is 37.1 Å². The van der Waals surface area contributed by atoms with Gasteiger partial charge in [0.1, 0.15) is 23.7 Å². The molecule has 0 aliphatic carbocycles. The molecule has 0 spiro atoms. The van der Waals surface area contributed by atoms with E-state index < -0.39 is 11.6 Å². The summed E-state index contributed by atoms with van der Waals surface area (Å²) in [5.74, 6) is 0.642. The third-order valence-corrected chi connectivity index (χ3v) is 7.18. The molecule has 6 nitrogen and oxygen atoms in total. The molecule has 0 saturated carbocycles. The van der Waals surface area contributed by atoms with Gasteiger partial charge in [0.2, 0.25) is 0 Å². The summed E-state index contributed by atoms with van der Waals surface area (Å²) in [6.45, 7) is 5.17. The monoisotopic (exact) mass is 551 g/mol. The molecule has 0 bridgehead atoms. The van der Waals surface area contributed by atoms with Gasteiger partial charge in [0, 0.05) is 35.5 Å². The molecule has 1 aliphatic rings. The summed E-state index contributed by atoms with van der Waals surface area (Å²) in [7, 11) is 0. The average molecular weight is 552 g/mol. The van der Waals surface area contributed by atoms with E-state index in [0.29, 0.717) is 50.9 Å². The predicted molar refractivity (Wildman–Crippen MR) is 150 cm³/mol. The van der Waals surface area contributed by atoms with Crippen LogP contribution in [0.15, 0.2) is 69.9 Å². The van der Waals surface area contributed by atoms with Crippen molar-refractivity contribution in [1.29, 1.82) is 0 Å². The number of benzene rings is 3. The SMILES string of the molecule is CC(=O)Oc1ccc2c(Cc3ccc(OCCN4CCCC4)cc3)c(-c3ccc(Cl)cc3Cl)c(=O)oc2c1. The van der Waals surface area contributed by atoms with E-state index in [2.05, 4.69) is 4.90 Å². The second-order valence-corrected chi connectivity index (χ2v) is 10.2. The highest BCUT2D eigenvalue weighted by atomic mass is 35.5. The van der Waals surface area contributed by atoms with Gasteiger partial charge in [-0.2, -0.15) is 0 Å². The first-order valence-corrected chi connectivity index (χ1v) is 13.3. The molecular weight excluding hydrogens is 525 g/mol. The smallest absolute Gasteiger partial charge is 0.344 e. The summed E-state index contributed by atoms with van der Waals surface area (Å²) >= 11 is 12.6. The molecular formula is C30H27Cl2NO5. The fraction of sp³-hybridized carbons (Fsp3) is 0.267. The number of fused-ring (bicyclic) bond motifs is 1. The molecule has 196 valence electrons. The van der Waals surface area contributed by atoms with E-state index in [9.17, 15) is 9.59 Å². The Balaban J connectivity index is 1.49. The Kier molecular flexibility index (Phi) is 8.03. The third-order valence-electron chi connectivity index (χ3n) is 6.63. The zero-order chi connectivity index (χ0) is 26.6. The number of rotatable bonds is 8. The van der Waals surface area contributed by atoms with Crippen molar-refractivity contribution in [3.05, 3.63) is 92.3 Å². The molecule has 0 atom stereocenters. The zero-order valence-electron chi connectivity index (χ0n) is 21.0. The minimum Gasteiger partial charge on any atom is -0.492 e. The lowest BCUT2D eigenvalue weighted by molar-refractivity contribution is -0.131. The third kappa shape index (κ3) is 6.04. The van der Waals surface area contributed by atoms with Crippen LogP contribution in [0.4, 0.5) is 0 Å². The fourth-order valence-electron chi connectivity index (χ4n) is 4.83. The van der Waals surface area contributed by atoms with E-state index in [1.807, 2.05) is 24.3 Å². The van der Waals surface area contributed by atoms with Crippen LogP contribution in [-0.2, 0) is 11.2 Å². The van der Waals surface area contributed by atoms with Crippen LogP contribution in [0, 0.1) is 0 Å². The largest absolute Gasteiger partial charge is 0.492 e. The maximum Gasteiger partial charge on any atom is 0.344 e. The van der Waals surface area contributed by atoms with Crippen molar-refractivity contribution in [2.75, 3.05) is 26.2 Å². The Morgan fingerprint density at radius 3 is 2.42 bits per heavy atom. The molecule has 0 radical (unpaired) electrons. The van der Waals surface area contributed by atoms with Gasteiger partial charge < -0.3 is 13.9 Å². The summed E-state index contributed by atoms with van der Waals surface area (Å²) in [5, 5.41) is 1.54. The van der Waals surface area contributed by atoms with Crippen molar-refractivity contribution in [3.63, 3.8) is 0 Å². The minimum atomic E-state index is -0.543. The van der Waals surface area contributed by atoms with Gasteiger partial charge in [-0.05, 0) is 79.9 Å². The Hall–Kier alpha value is -3.32. The van der Waals surface area contributed by atoms with Gasteiger partial charge in [-0.25, -0.2) is 4.79 Å². The lowest BCUT2D eigenvalue weighted by atomic mass is 9.93. The first kappa shape index (κ1) is 26.3. The van der Waals surface area contributed by atoms with Crippen LogP contribution < -0.4 is 15.1 Å². The number of carbonyl (C=O) groups excluding carboxylic acids is 1. The minimum absolute atomic E-state index is 0.298. The molecule has 2 heterocycles. The molecule has 1 aliphatic heterocycles. The number of nitrogens with zero attached hydrogens (tertiary/aromatic N) is 1. The molecule has 0 N–H and O–H groups in total. The van der Waals surface area contributed by atoms with Gasteiger partial charge in [-0.3, -0.25) is 9.69 Å². The first-order valence-electron chi connectivity index (χ1n) is 12.5. The quantitative estimate of drug-likeness (QED) is 0.137. The van der Waals surface area contributed by atoms with Crippen LogP contribution in [0.5, 0.6) is 11.5 Å². The number of carbonyl (C=O) groups is 1. The highest BCUT2D eigenvalue weighted by Gasteiger charge is 2.20. The van der Waals surface area contributed by atoms with Crippen LogP contribution in [0.2, 0.25) is 10.0 Å². The zero-order valence-corrected chi connectivity index (χ0v) is 22.5. The van der Waals surface area contributed by atoms with Gasteiger partial charge in [-0.1, -0.05) is 41.4 Å². The standard InChI is InChI=1S/C30H27Cl2NO5/c1-19(34)37-23-9-11-24-26(16-20-4-7-22(8-5-20)36-15-14-33-12-2-3-13-33)29(30(35)38-28(24)18-23)25-10-6-21(31)17-27(25)32/h4-11,17-18H,2-3,12-16H2,1H3. The van der Waals surface area contributed by atoms with Gasteiger partial charge >= 0.3 is 11.6 Å². The van der Waals surface area contributed by atoms with Crippen molar-refractivity contribution in [2.45, 2.75) is 26.2 Å². The number of hydrogen-bond donors (Lipinski definition) is 0. The summed E-state index contributed by atoms with van der Waals surface area (Å²) in [4.78, 5) is 27.2. The van der Waals surface area contributed by atoms with Crippen molar-refractivity contribution in [2.24, 2.45) is 0 Å². The first-order chi connectivity index (χ1) is 18.4. The predicted octanol–water partition coefficient (Wildman–Crippen LogP) is 6.76. The summed E-state index contributed by atoms with van der Waals surface area (Å²) < 4.78 is 16.8. The fourth-order valence-corrected chi connectivity index (χ4v) is 5.33. The summed E-state index contributed by atoms with van der Waals surface area (Å²) in [6.07, 6.45) is 2.96. The maximum atomic E-state index is 13.3. The number of ether oxygens (including phenoxy) is 2. The molecule has 1 fully saturated rings. The van der Waals surface area contributed by atoms with Crippen molar-refractivity contribution >= 4 is 40.1 Å². The van der Waals surface area contributed by atoms with Crippen molar-refractivity contribution < 1.29 is 18.7 Å². The summed E-state index contributed by atoms with van der Waals surface area (Å²) in [5.41, 5.74) is 2.41. The maximum absolute atomic E-state index is 13.3. The second kappa shape index (κ2) is 11.6. The molecule has 3 aromatic carbocycles. The van der Waals surface area contributed by atoms with E-state index >= 15 is 0 Å². The van der Waals surface area contributed by atoms with E-state index in [1.54, 1.807) is 36.4 Å². The molecule has 38 heavy (non-hydrogen) atoms. The molecule has 0 unspecified atom stereocenters. The normalized spacial score (nSPS) is 13.7. The van der Waals surface area contributed by atoms with Gasteiger partial charge in [0.25, 0.3) is 0 Å². The number of hydrogen-bond acceptors (Lipinski definition) is 6. The lowest BCUT2D eigenvalue weighted by Gasteiger charge is -2.16. The number of likely N-dealkylation sites (tertiary alicyclic amines) is 1. The Morgan fingerprint density at radius 1 is 0.974 bits per heavy atom. The molecule has 4 aromatic rings. The molecule has 0 amide bonds. The molecule has 1 saturated heterocycles. The van der Waals surface area contributed by atoms with Crippen LogP contribution in [0.1, 0.15) is 30.9 Å². The molecule has 8 heteroatoms. The number of halogens is 2. The van der Waals surface area contributed by atoms with Gasteiger partial charge in [-0.15, -0.1) is 0 Å². The van der Waals surface area contributed by atoms with Crippen molar-refractivity contribution in [3.8, 4) is 22.6 Å². The molecule has 5 rings (SSSR count). The van der Waals surface area contributed by atoms with Crippen LogP contribution in [0.3, 0.4) is 0 Å². The van der Waals surface area contributed by atoms with Gasteiger partial charge in [0.05, 0.1) is 10.6 Å².